The SMILES string of the molecule is COc1cccc(C(=O)C(NC(=O)c2ccc(Br)cn2)Nc2ccc(Cl)cc2)c1. The standard InChI is InChI=1S/C21H17BrClN3O3/c1-29-17-4-2-3-13(11-17)19(27)20(25-16-8-6-15(23)7-9-16)26-21(28)18-10-5-14(22)12-24-18/h2-12,20,25H,1H3,(H,26,28). The van der Waals surface area contributed by atoms with Gasteiger partial charge >= 0.3 is 0 Å². The molecule has 0 fully saturated rings. The van der Waals surface area contributed by atoms with E-state index in [1.165, 1.54) is 13.3 Å². The van der Waals surface area contributed by atoms with Crippen LogP contribution < -0.4 is 15.4 Å². The number of pyridine rings is 1. The molecule has 2 aromatic carbocycles. The Bertz CT molecular complexity index is 1010. The molecule has 6 nitrogen and oxygen atoms in total. The zero-order valence-corrected chi connectivity index (χ0v) is 17.7. The first kappa shape index (κ1) is 20.8. The minimum Gasteiger partial charge on any atom is -0.497 e. The smallest absolute Gasteiger partial charge is 0.271 e. The molecule has 0 aliphatic carbocycles. The molecule has 1 unspecified atom stereocenters. The van der Waals surface area contributed by atoms with E-state index in [1.807, 2.05) is 0 Å². The van der Waals surface area contributed by atoms with Crippen LogP contribution in [0.15, 0.2) is 71.3 Å². The van der Waals surface area contributed by atoms with Crippen LogP contribution in [0.2, 0.25) is 5.02 Å². The Balaban J connectivity index is 1.87. The summed E-state index contributed by atoms with van der Waals surface area (Å²) in [6.07, 6.45) is 0.488. The Hall–Kier alpha value is -2.90. The third-order valence-electron chi connectivity index (χ3n) is 4.01. The number of nitrogens with one attached hydrogen (secondary N) is 2. The summed E-state index contributed by atoms with van der Waals surface area (Å²) >= 11 is 9.21. The van der Waals surface area contributed by atoms with E-state index >= 15 is 0 Å². The summed E-state index contributed by atoms with van der Waals surface area (Å²) in [5.41, 5.74) is 1.20. The molecule has 148 valence electrons. The van der Waals surface area contributed by atoms with Crippen molar-refractivity contribution in [2.45, 2.75) is 6.17 Å². The first-order valence-corrected chi connectivity index (χ1v) is 9.76. The summed E-state index contributed by atoms with van der Waals surface area (Å²) < 4.78 is 5.94. The molecule has 1 heterocycles. The predicted molar refractivity (Wildman–Crippen MR) is 116 cm³/mol. The zero-order valence-electron chi connectivity index (χ0n) is 15.4. The number of aromatic nitrogens is 1. The number of ether oxygens (including phenoxy) is 1. The van der Waals surface area contributed by atoms with Crippen LogP contribution in [0.5, 0.6) is 5.75 Å². The first-order chi connectivity index (χ1) is 14.0. The number of hydrogen-bond donors (Lipinski definition) is 2. The monoisotopic (exact) mass is 473 g/mol. The van der Waals surface area contributed by atoms with Gasteiger partial charge in [-0.15, -0.1) is 0 Å². The first-order valence-electron chi connectivity index (χ1n) is 8.59. The summed E-state index contributed by atoms with van der Waals surface area (Å²) in [5.74, 6) is -0.272. The number of carbonyl (C=O) groups excluding carboxylic acids is 2. The number of rotatable bonds is 7. The summed E-state index contributed by atoms with van der Waals surface area (Å²) in [6.45, 7) is 0. The predicted octanol–water partition coefficient (Wildman–Crippen LogP) is 4.56. The maximum atomic E-state index is 13.1. The van der Waals surface area contributed by atoms with E-state index in [2.05, 4.69) is 31.5 Å². The van der Waals surface area contributed by atoms with Gasteiger partial charge in [-0.25, -0.2) is 4.98 Å². The third kappa shape index (κ3) is 5.56. The quantitative estimate of drug-likeness (QED) is 0.388. The molecular formula is C21H17BrClN3O3. The summed E-state index contributed by atoms with van der Waals surface area (Å²) in [5, 5.41) is 6.30. The van der Waals surface area contributed by atoms with Gasteiger partial charge < -0.3 is 15.4 Å². The fraction of sp³-hybridized carbons (Fsp3) is 0.0952. The molecule has 3 aromatic rings. The molecule has 8 heteroatoms. The summed E-state index contributed by atoms with van der Waals surface area (Å²) in [6, 6.07) is 16.8. The van der Waals surface area contributed by atoms with Gasteiger partial charge in [-0.1, -0.05) is 23.7 Å². The van der Waals surface area contributed by atoms with Gasteiger partial charge in [0.2, 0.25) is 5.78 Å². The molecule has 1 atom stereocenters. The maximum absolute atomic E-state index is 13.1. The Morgan fingerprint density at radius 3 is 2.52 bits per heavy atom. The minimum absolute atomic E-state index is 0.189. The highest BCUT2D eigenvalue weighted by Gasteiger charge is 2.23. The second kappa shape index (κ2) is 9.54. The largest absolute Gasteiger partial charge is 0.497 e. The molecule has 0 saturated carbocycles. The molecule has 0 saturated heterocycles. The molecule has 0 aliphatic rings. The summed E-state index contributed by atoms with van der Waals surface area (Å²) in [7, 11) is 1.52. The van der Waals surface area contributed by atoms with E-state index < -0.39 is 12.1 Å². The highest BCUT2D eigenvalue weighted by Crippen LogP contribution is 2.18. The molecule has 2 N–H and O–H groups in total. The number of hydrogen-bond acceptors (Lipinski definition) is 5. The van der Waals surface area contributed by atoms with Crippen molar-refractivity contribution in [2.24, 2.45) is 0 Å². The van der Waals surface area contributed by atoms with E-state index in [-0.39, 0.29) is 11.5 Å². The van der Waals surface area contributed by atoms with Crippen molar-refractivity contribution in [3.05, 3.63) is 87.6 Å². The average Bonchev–Trinajstić information content (AvgIpc) is 2.74. The summed E-state index contributed by atoms with van der Waals surface area (Å²) in [4.78, 5) is 29.8. The van der Waals surface area contributed by atoms with Crippen LogP contribution in [-0.2, 0) is 0 Å². The van der Waals surface area contributed by atoms with Crippen molar-refractivity contribution >= 4 is 44.9 Å². The molecule has 0 radical (unpaired) electrons. The van der Waals surface area contributed by atoms with Gasteiger partial charge in [0.1, 0.15) is 11.4 Å². The Morgan fingerprint density at radius 2 is 1.86 bits per heavy atom. The molecule has 0 bridgehead atoms. The lowest BCUT2D eigenvalue weighted by Gasteiger charge is -2.20. The second-order valence-corrected chi connectivity index (χ2v) is 7.37. The van der Waals surface area contributed by atoms with Crippen LogP contribution in [0, 0.1) is 0 Å². The lowest BCUT2D eigenvalue weighted by atomic mass is 10.1. The van der Waals surface area contributed by atoms with E-state index in [0.29, 0.717) is 22.0 Å². The van der Waals surface area contributed by atoms with E-state index in [9.17, 15) is 9.59 Å². The fourth-order valence-corrected chi connectivity index (χ4v) is 2.90. The van der Waals surface area contributed by atoms with Gasteiger partial charge in [0, 0.05) is 26.9 Å². The normalized spacial score (nSPS) is 11.4. The van der Waals surface area contributed by atoms with E-state index in [1.54, 1.807) is 60.7 Å². The van der Waals surface area contributed by atoms with Crippen LogP contribution in [0.1, 0.15) is 20.8 Å². The topological polar surface area (TPSA) is 80.3 Å². The van der Waals surface area contributed by atoms with Crippen molar-refractivity contribution in [2.75, 3.05) is 12.4 Å². The van der Waals surface area contributed by atoms with Gasteiger partial charge in [-0.3, -0.25) is 9.59 Å². The molecule has 0 aliphatic heterocycles. The molecular weight excluding hydrogens is 458 g/mol. The molecule has 29 heavy (non-hydrogen) atoms. The Morgan fingerprint density at radius 1 is 1.10 bits per heavy atom. The van der Waals surface area contributed by atoms with Crippen molar-refractivity contribution in [1.29, 1.82) is 0 Å². The van der Waals surface area contributed by atoms with Crippen molar-refractivity contribution in [3.63, 3.8) is 0 Å². The van der Waals surface area contributed by atoms with Crippen LogP contribution in [0.4, 0.5) is 5.69 Å². The molecule has 3 rings (SSSR count). The number of ketones is 1. The van der Waals surface area contributed by atoms with Crippen LogP contribution >= 0.6 is 27.5 Å². The van der Waals surface area contributed by atoms with Crippen LogP contribution in [-0.4, -0.2) is 29.9 Å². The van der Waals surface area contributed by atoms with Gasteiger partial charge in [0.15, 0.2) is 6.17 Å². The van der Waals surface area contributed by atoms with Gasteiger partial charge in [0.25, 0.3) is 5.91 Å². The average molecular weight is 475 g/mol. The maximum Gasteiger partial charge on any atom is 0.271 e. The minimum atomic E-state index is -1.03. The Labute approximate surface area is 181 Å². The van der Waals surface area contributed by atoms with Crippen LogP contribution in [0.25, 0.3) is 0 Å². The van der Waals surface area contributed by atoms with Crippen molar-refractivity contribution < 1.29 is 14.3 Å². The molecule has 1 amide bonds. The third-order valence-corrected chi connectivity index (χ3v) is 4.73. The van der Waals surface area contributed by atoms with E-state index in [0.717, 1.165) is 4.47 Å². The highest BCUT2D eigenvalue weighted by atomic mass is 79.9. The highest BCUT2D eigenvalue weighted by molar-refractivity contribution is 9.10. The number of methoxy groups -OCH3 is 1. The van der Waals surface area contributed by atoms with Gasteiger partial charge in [0.05, 0.1) is 7.11 Å². The van der Waals surface area contributed by atoms with Crippen molar-refractivity contribution in [1.82, 2.24) is 10.3 Å². The molecule has 1 aromatic heterocycles. The van der Waals surface area contributed by atoms with Gasteiger partial charge in [-0.2, -0.15) is 0 Å². The van der Waals surface area contributed by atoms with Crippen molar-refractivity contribution in [3.8, 4) is 5.75 Å². The number of nitrogens with zero attached hydrogens (tertiary/aromatic N) is 1. The zero-order chi connectivity index (χ0) is 20.8. The lowest BCUT2D eigenvalue weighted by molar-refractivity contribution is 0.0866. The number of carbonyl (C=O) groups is 2. The second-order valence-electron chi connectivity index (χ2n) is 6.02. The molecule has 0 spiro atoms. The fourth-order valence-electron chi connectivity index (χ4n) is 2.54. The van der Waals surface area contributed by atoms with E-state index in [4.69, 9.17) is 16.3 Å². The lowest BCUT2D eigenvalue weighted by Crippen LogP contribution is -2.46. The number of halogens is 2. The van der Waals surface area contributed by atoms with Gasteiger partial charge in [-0.05, 0) is 64.5 Å². The number of benzene rings is 2. The van der Waals surface area contributed by atoms with Crippen LogP contribution in [0.3, 0.4) is 0 Å². The Kier molecular flexibility index (Phi) is 6.85. The number of Topliss-reactive ketones (excluding diaryl/α,β-unsaturated/α-hetero) is 1. The number of amides is 1. The number of anilines is 1.